The molecule has 1 N–H and O–H groups in total. The van der Waals surface area contributed by atoms with E-state index in [0.29, 0.717) is 11.5 Å². The van der Waals surface area contributed by atoms with E-state index in [-0.39, 0.29) is 5.91 Å². The summed E-state index contributed by atoms with van der Waals surface area (Å²) < 4.78 is 0. The van der Waals surface area contributed by atoms with Crippen molar-refractivity contribution in [1.82, 2.24) is 14.9 Å². The molecular formula is C18H23N5O. The summed E-state index contributed by atoms with van der Waals surface area (Å²) in [7, 11) is 0. The summed E-state index contributed by atoms with van der Waals surface area (Å²) in [6, 6.07) is 7.69. The number of anilines is 2. The second-order valence-electron chi connectivity index (χ2n) is 5.96. The van der Waals surface area contributed by atoms with Crippen molar-refractivity contribution in [3.63, 3.8) is 0 Å². The lowest BCUT2D eigenvalue weighted by molar-refractivity contribution is 0.102. The smallest absolute Gasteiger partial charge is 0.258 e. The van der Waals surface area contributed by atoms with Crippen molar-refractivity contribution < 1.29 is 4.79 Å². The number of benzene rings is 1. The van der Waals surface area contributed by atoms with Crippen molar-refractivity contribution in [1.29, 1.82) is 0 Å². The van der Waals surface area contributed by atoms with Crippen molar-refractivity contribution in [2.45, 2.75) is 13.8 Å². The fraction of sp³-hybridized carbons (Fsp3) is 0.389. The summed E-state index contributed by atoms with van der Waals surface area (Å²) in [5.41, 5.74) is 2.30. The molecule has 24 heavy (non-hydrogen) atoms. The maximum Gasteiger partial charge on any atom is 0.258 e. The normalized spacial score (nSPS) is 15.3. The Kier molecular flexibility index (Phi) is 5.05. The lowest BCUT2D eigenvalue weighted by Crippen LogP contribution is -2.46. The summed E-state index contributed by atoms with van der Waals surface area (Å²) in [6.07, 6.45) is 3.20. The van der Waals surface area contributed by atoms with E-state index in [1.165, 1.54) is 0 Å². The number of carbonyl (C=O) groups is 1. The monoisotopic (exact) mass is 325 g/mol. The number of hydrogen-bond donors (Lipinski definition) is 1. The number of likely N-dealkylation sites (N-methyl/N-ethyl adjacent to an activating group) is 1. The number of aromatic nitrogens is 2. The van der Waals surface area contributed by atoms with Crippen molar-refractivity contribution in [3.8, 4) is 0 Å². The number of aryl methyl sites for hydroxylation is 1. The first-order chi connectivity index (χ1) is 11.7. The van der Waals surface area contributed by atoms with E-state index in [0.717, 1.165) is 44.0 Å². The molecule has 1 amide bonds. The average Bonchev–Trinajstić information content (AvgIpc) is 2.64. The van der Waals surface area contributed by atoms with Crippen LogP contribution in [0.15, 0.2) is 36.7 Å². The summed E-state index contributed by atoms with van der Waals surface area (Å²) in [5.74, 6) is 0.504. The highest BCUT2D eigenvalue weighted by atomic mass is 16.1. The summed E-state index contributed by atoms with van der Waals surface area (Å²) in [5, 5.41) is 2.90. The Hall–Kier alpha value is -2.47. The highest BCUT2D eigenvalue weighted by molar-refractivity contribution is 6.04. The summed E-state index contributed by atoms with van der Waals surface area (Å²) in [4.78, 5) is 25.6. The molecule has 6 heteroatoms. The predicted octanol–water partition coefficient (Wildman–Crippen LogP) is 2.18. The zero-order valence-corrected chi connectivity index (χ0v) is 14.2. The van der Waals surface area contributed by atoms with Gasteiger partial charge in [-0.25, -0.2) is 9.97 Å². The van der Waals surface area contributed by atoms with E-state index in [2.05, 4.69) is 32.0 Å². The Morgan fingerprint density at radius 1 is 1.12 bits per heavy atom. The molecule has 126 valence electrons. The number of piperazine rings is 1. The van der Waals surface area contributed by atoms with Gasteiger partial charge in [0.1, 0.15) is 0 Å². The third kappa shape index (κ3) is 3.71. The van der Waals surface area contributed by atoms with E-state index < -0.39 is 0 Å². The highest BCUT2D eigenvalue weighted by Gasteiger charge is 2.18. The van der Waals surface area contributed by atoms with Crippen LogP contribution in [0.3, 0.4) is 0 Å². The van der Waals surface area contributed by atoms with Gasteiger partial charge >= 0.3 is 0 Å². The topological polar surface area (TPSA) is 61.4 Å². The first-order valence-corrected chi connectivity index (χ1v) is 8.33. The van der Waals surface area contributed by atoms with Crippen LogP contribution in [-0.2, 0) is 0 Å². The Morgan fingerprint density at radius 2 is 1.79 bits per heavy atom. The molecule has 3 rings (SSSR count). The lowest BCUT2D eigenvalue weighted by atomic mass is 10.2. The molecule has 0 bridgehead atoms. The minimum absolute atomic E-state index is 0.188. The number of para-hydroxylation sites is 1. The van der Waals surface area contributed by atoms with Crippen molar-refractivity contribution in [3.05, 3.63) is 47.8 Å². The van der Waals surface area contributed by atoms with Crippen LogP contribution in [0.2, 0.25) is 0 Å². The van der Waals surface area contributed by atoms with Crippen molar-refractivity contribution in [2.24, 2.45) is 0 Å². The number of rotatable bonds is 4. The second-order valence-corrected chi connectivity index (χ2v) is 5.96. The molecule has 0 atom stereocenters. The van der Waals surface area contributed by atoms with Crippen LogP contribution in [0, 0.1) is 6.92 Å². The van der Waals surface area contributed by atoms with Gasteiger partial charge in [0.05, 0.1) is 5.56 Å². The minimum atomic E-state index is -0.188. The molecule has 6 nitrogen and oxygen atoms in total. The molecule has 1 aromatic heterocycles. The van der Waals surface area contributed by atoms with Gasteiger partial charge < -0.3 is 15.1 Å². The van der Waals surface area contributed by atoms with E-state index in [4.69, 9.17) is 0 Å². The molecule has 0 spiro atoms. The minimum Gasteiger partial charge on any atom is -0.338 e. The van der Waals surface area contributed by atoms with Gasteiger partial charge in [0.15, 0.2) is 0 Å². The molecule has 2 aromatic rings. The zero-order valence-electron chi connectivity index (χ0n) is 14.2. The van der Waals surface area contributed by atoms with Gasteiger partial charge in [-0.1, -0.05) is 25.1 Å². The van der Waals surface area contributed by atoms with Gasteiger partial charge in [-0.05, 0) is 25.1 Å². The van der Waals surface area contributed by atoms with E-state index >= 15 is 0 Å². The van der Waals surface area contributed by atoms with E-state index in [1.807, 2.05) is 31.2 Å². The third-order valence-corrected chi connectivity index (χ3v) is 4.40. The molecule has 0 aliphatic carbocycles. The maximum atomic E-state index is 12.3. The standard InChI is InChI=1S/C18H23N5O/c1-3-22-8-10-23(11-9-22)18-19-12-15(13-20-18)17(24)21-16-7-5-4-6-14(16)2/h4-7,12-13H,3,8-11H2,1-2H3,(H,21,24). The van der Waals surface area contributed by atoms with Gasteiger partial charge in [-0.3, -0.25) is 4.79 Å². The third-order valence-electron chi connectivity index (χ3n) is 4.40. The van der Waals surface area contributed by atoms with Gasteiger partial charge in [0.2, 0.25) is 5.95 Å². The van der Waals surface area contributed by atoms with Crippen LogP contribution in [0.5, 0.6) is 0 Å². The first-order valence-electron chi connectivity index (χ1n) is 8.33. The Bertz CT molecular complexity index is 693. The van der Waals surface area contributed by atoms with Crippen molar-refractivity contribution in [2.75, 3.05) is 42.9 Å². The quantitative estimate of drug-likeness (QED) is 0.933. The highest BCUT2D eigenvalue weighted by Crippen LogP contribution is 2.15. The molecule has 2 heterocycles. The number of amides is 1. The summed E-state index contributed by atoms with van der Waals surface area (Å²) >= 11 is 0. The number of carbonyl (C=O) groups excluding carboxylic acids is 1. The molecule has 1 aliphatic heterocycles. The van der Waals surface area contributed by atoms with Crippen LogP contribution < -0.4 is 10.2 Å². The van der Waals surface area contributed by atoms with Gasteiger partial charge in [-0.15, -0.1) is 0 Å². The maximum absolute atomic E-state index is 12.3. The molecule has 0 unspecified atom stereocenters. The van der Waals surface area contributed by atoms with Crippen LogP contribution in [0.4, 0.5) is 11.6 Å². The van der Waals surface area contributed by atoms with Crippen LogP contribution in [0.1, 0.15) is 22.8 Å². The number of hydrogen-bond acceptors (Lipinski definition) is 5. The van der Waals surface area contributed by atoms with Crippen LogP contribution >= 0.6 is 0 Å². The second kappa shape index (κ2) is 7.40. The Balaban J connectivity index is 1.64. The predicted molar refractivity (Wildman–Crippen MR) is 95.5 cm³/mol. The number of nitrogens with one attached hydrogen (secondary N) is 1. The molecule has 1 aliphatic rings. The Morgan fingerprint density at radius 3 is 2.42 bits per heavy atom. The van der Waals surface area contributed by atoms with Gasteiger partial charge in [0.25, 0.3) is 5.91 Å². The lowest BCUT2D eigenvalue weighted by Gasteiger charge is -2.33. The Labute approximate surface area is 142 Å². The van der Waals surface area contributed by atoms with Crippen LogP contribution in [-0.4, -0.2) is 53.5 Å². The van der Waals surface area contributed by atoms with Crippen LogP contribution in [0.25, 0.3) is 0 Å². The molecule has 0 saturated carbocycles. The SMILES string of the molecule is CCN1CCN(c2ncc(C(=O)Nc3ccccc3C)cn2)CC1. The molecule has 1 fully saturated rings. The van der Waals surface area contributed by atoms with Gasteiger partial charge in [0, 0.05) is 44.3 Å². The molecular weight excluding hydrogens is 302 g/mol. The van der Waals surface area contributed by atoms with Gasteiger partial charge in [-0.2, -0.15) is 0 Å². The average molecular weight is 325 g/mol. The molecule has 0 radical (unpaired) electrons. The van der Waals surface area contributed by atoms with Crippen molar-refractivity contribution >= 4 is 17.5 Å². The fourth-order valence-corrected chi connectivity index (χ4v) is 2.77. The number of nitrogens with zero attached hydrogens (tertiary/aromatic N) is 4. The van der Waals surface area contributed by atoms with E-state index in [1.54, 1.807) is 12.4 Å². The van der Waals surface area contributed by atoms with E-state index in [9.17, 15) is 4.79 Å². The zero-order chi connectivity index (χ0) is 16.9. The largest absolute Gasteiger partial charge is 0.338 e. The first kappa shape index (κ1) is 16.4. The molecule has 1 saturated heterocycles. The summed E-state index contributed by atoms with van der Waals surface area (Å²) in [6.45, 7) is 9.10. The fourth-order valence-electron chi connectivity index (χ4n) is 2.77. The molecule has 1 aromatic carbocycles.